The quantitative estimate of drug-likeness (QED) is 0.871. The normalized spacial score (nSPS) is 21.4. The molecule has 2 unspecified atom stereocenters. The number of aliphatic hydroxyl groups excluding tert-OH is 1. The number of benzene rings is 2. The molecule has 0 bridgehead atoms. The lowest BCUT2D eigenvalue weighted by Gasteiger charge is -2.35. The Bertz CT molecular complexity index is 835. The first-order valence-corrected chi connectivity index (χ1v) is 9.10. The number of piperidine rings is 1. The Labute approximate surface area is 157 Å². The average Bonchev–Trinajstić information content (AvgIpc) is 2.99. The number of aliphatic hydroxyl groups is 1. The minimum Gasteiger partial charge on any atom is -0.480 e. The van der Waals surface area contributed by atoms with Crippen LogP contribution in [0.4, 0.5) is 4.79 Å². The number of fused-ring (bicyclic) bond motifs is 3. The smallest absolute Gasteiger partial charge is 0.410 e. The lowest BCUT2D eigenvalue weighted by Crippen LogP contribution is -2.55. The SMILES string of the molecule is O=C(O)C1C(O)CCCN1C(=O)OCC1c2ccccc2-c2ccccc21. The zero-order valence-electron chi connectivity index (χ0n) is 14.7. The molecule has 2 N–H and O–H groups in total. The Balaban J connectivity index is 1.53. The van der Waals surface area contributed by atoms with Gasteiger partial charge in [-0.1, -0.05) is 48.5 Å². The number of carboxylic acid groups (broad SMARTS) is 1. The molecule has 6 nitrogen and oxygen atoms in total. The molecule has 2 aliphatic rings. The molecule has 1 saturated heterocycles. The van der Waals surface area contributed by atoms with Crippen LogP contribution in [0.1, 0.15) is 29.9 Å². The maximum Gasteiger partial charge on any atom is 0.410 e. The summed E-state index contributed by atoms with van der Waals surface area (Å²) in [6.07, 6.45) is -0.848. The van der Waals surface area contributed by atoms with Gasteiger partial charge in [0.2, 0.25) is 0 Å². The Kier molecular flexibility index (Phi) is 4.58. The van der Waals surface area contributed by atoms with Gasteiger partial charge in [0, 0.05) is 12.5 Å². The van der Waals surface area contributed by atoms with Crippen molar-refractivity contribution in [3.8, 4) is 11.1 Å². The predicted molar refractivity (Wildman–Crippen MR) is 98.4 cm³/mol. The van der Waals surface area contributed by atoms with Crippen molar-refractivity contribution in [2.24, 2.45) is 0 Å². The van der Waals surface area contributed by atoms with Crippen LogP contribution < -0.4 is 0 Å². The Hall–Kier alpha value is -2.86. The molecule has 0 saturated carbocycles. The molecule has 27 heavy (non-hydrogen) atoms. The van der Waals surface area contributed by atoms with Crippen LogP contribution in [-0.4, -0.2) is 52.5 Å². The lowest BCUT2D eigenvalue weighted by atomic mass is 9.98. The van der Waals surface area contributed by atoms with Crippen molar-refractivity contribution >= 4 is 12.1 Å². The standard InChI is InChI=1S/C21H21NO5/c23-18-10-5-11-22(19(18)20(24)25)21(26)27-12-17-15-8-3-1-6-13(15)14-7-2-4-9-16(14)17/h1-4,6-9,17-19,23H,5,10-12H2,(H,24,25). The van der Waals surface area contributed by atoms with Crippen LogP contribution in [0.3, 0.4) is 0 Å². The summed E-state index contributed by atoms with van der Waals surface area (Å²) in [6, 6.07) is 14.8. The van der Waals surface area contributed by atoms with Gasteiger partial charge in [-0.05, 0) is 35.1 Å². The number of carbonyl (C=O) groups excluding carboxylic acids is 1. The summed E-state index contributed by atoms with van der Waals surface area (Å²) >= 11 is 0. The van der Waals surface area contributed by atoms with E-state index in [0.29, 0.717) is 12.8 Å². The second-order valence-electron chi connectivity index (χ2n) is 6.99. The first-order chi connectivity index (χ1) is 13.1. The summed E-state index contributed by atoms with van der Waals surface area (Å²) in [5.74, 6) is -1.30. The van der Waals surface area contributed by atoms with E-state index >= 15 is 0 Å². The van der Waals surface area contributed by atoms with E-state index in [1.165, 1.54) is 0 Å². The number of aliphatic carboxylic acids is 1. The van der Waals surface area contributed by atoms with E-state index in [1.54, 1.807) is 0 Å². The van der Waals surface area contributed by atoms with Crippen LogP contribution in [0.15, 0.2) is 48.5 Å². The highest BCUT2D eigenvalue weighted by molar-refractivity contribution is 5.81. The fraction of sp³-hybridized carbons (Fsp3) is 0.333. The van der Waals surface area contributed by atoms with E-state index in [2.05, 4.69) is 12.1 Å². The molecule has 140 valence electrons. The highest BCUT2D eigenvalue weighted by Crippen LogP contribution is 2.44. The highest BCUT2D eigenvalue weighted by Gasteiger charge is 2.40. The summed E-state index contributed by atoms with van der Waals surface area (Å²) in [5.41, 5.74) is 4.46. The van der Waals surface area contributed by atoms with Crippen LogP contribution in [0, 0.1) is 0 Å². The van der Waals surface area contributed by atoms with Gasteiger partial charge in [0.05, 0.1) is 6.10 Å². The van der Waals surface area contributed by atoms with Gasteiger partial charge in [0.25, 0.3) is 0 Å². The van der Waals surface area contributed by atoms with Crippen molar-refractivity contribution < 1.29 is 24.5 Å². The maximum atomic E-state index is 12.6. The Morgan fingerprint density at radius 3 is 2.22 bits per heavy atom. The fourth-order valence-electron chi connectivity index (χ4n) is 4.16. The third-order valence-corrected chi connectivity index (χ3v) is 5.42. The minimum absolute atomic E-state index is 0.0839. The van der Waals surface area contributed by atoms with Crippen molar-refractivity contribution in [3.05, 3.63) is 59.7 Å². The van der Waals surface area contributed by atoms with E-state index in [0.717, 1.165) is 27.2 Å². The monoisotopic (exact) mass is 367 g/mol. The molecule has 4 rings (SSSR count). The number of amides is 1. The van der Waals surface area contributed by atoms with Gasteiger partial charge >= 0.3 is 12.1 Å². The average molecular weight is 367 g/mol. The molecule has 0 spiro atoms. The Morgan fingerprint density at radius 1 is 1.04 bits per heavy atom. The molecule has 1 amide bonds. The van der Waals surface area contributed by atoms with Crippen molar-refractivity contribution in [1.29, 1.82) is 0 Å². The van der Waals surface area contributed by atoms with Crippen molar-refractivity contribution in [2.45, 2.75) is 30.9 Å². The molecule has 1 aliphatic heterocycles. The second-order valence-corrected chi connectivity index (χ2v) is 6.99. The van der Waals surface area contributed by atoms with Gasteiger partial charge in [-0.15, -0.1) is 0 Å². The van der Waals surface area contributed by atoms with Gasteiger partial charge in [-0.2, -0.15) is 0 Å². The van der Waals surface area contributed by atoms with E-state index < -0.39 is 24.2 Å². The number of carbonyl (C=O) groups is 2. The third kappa shape index (κ3) is 3.06. The van der Waals surface area contributed by atoms with Crippen LogP contribution in [0.2, 0.25) is 0 Å². The summed E-state index contributed by atoms with van der Waals surface area (Å²) in [5, 5.41) is 19.3. The molecule has 6 heteroatoms. The molecule has 1 heterocycles. The Morgan fingerprint density at radius 2 is 1.63 bits per heavy atom. The number of carboxylic acids is 1. The van der Waals surface area contributed by atoms with E-state index in [9.17, 15) is 19.8 Å². The molecule has 0 aromatic heterocycles. The fourth-order valence-corrected chi connectivity index (χ4v) is 4.16. The molecular formula is C21H21NO5. The van der Waals surface area contributed by atoms with Gasteiger partial charge in [0.1, 0.15) is 6.61 Å². The summed E-state index contributed by atoms with van der Waals surface area (Å²) in [6.45, 7) is 0.399. The van der Waals surface area contributed by atoms with Crippen LogP contribution >= 0.6 is 0 Å². The molecule has 2 atom stereocenters. The van der Waals surface area contributed by atoms with E-state index in [4.69, 9.17) is 4.74 Å². The minimum atomic E-state index is -1.26. The van der Waals surface area contributed by atoms with Gasteiger partial charge in [0.15, 0.2) is 6.04 Å². The summed E-state index contributed by atoms with van der Waals surface area (Å²) in [7, 11) is 0. The van der Waals surface area contributed by atoms with Crippen molar-refractivity contribution in [2.75, 3.05) is 13.2 Å². The second kappa shape index (κ2) is 7.04. The zero-order valence-corrected chi connectivity index (χ0v) is 14.7. The number of likely N-dealkylation sites (tertiary alicyclic amines) is 1. The molecule has 0 radical (unpaired) electrons. The van der Waals surface area contributed by atoms with E-state index in [1.807, 2.05) is 36.4 Å². The first-order valence-electron chi connectivity index (χ1n) is 9.10. The number of hydrogen-bond donors (Lipinski definition) is 2. The number of rotatable bonds is 3. The molecular weight excluding hydrogens is 346 g/mol. The number of hydrogen-bond acceptors (Lipinski definition) is 4. The number of ether oxygens (including phenoxy) is 1. The number of nitrogens with zero attached hydrogens (tertiary/aromatic N) is 1. The third-order valence-electron chi connectivity index (χ3n) is 5.42. The lowest BCUT2D eigenvalue weighted by molar-refractivity contribution is -0.149. The van der Waals surface area contributed by atoms with Crippen LogP contribution in [0.5, 0.6) is 0 Å². The first kappa shape index (κ1) is 17.5. The van der Waals surface area contributed by atoms with E-state index in [-0.39, 0.29) is 19.1 Å². The maximum absolute atomic E-state index is 12.6. The topological polar surface area (TPSA) is 87.1 Å². The molecule has 2 aromatic rings. The largest absolute Gasteiger partial charge is 0.480 e. The molecule has 2 aromatic carbocycles. The van der Waals surface area contributed by atoms with Gasteiger partial charge < -0.3 is 14.9 Å². The van der Waals surface area contributed by atoms with Crippen molar-refractivity contribution in [1.82, 2.24) is 4.90 Å². The zero-order chi connectivity index (χ0) is 19.0. The van der Waals surface area contributed by atoms with Crippen LogP contribution in [-0.2, 0) is 9.53 Å². The summed E-state index contributed by atoms with van der Waals surface area (Å²) in [4.78, 5) is 25.2. The predicted octanol–water partition coefficient (Wildman–Crippen LogP) is 2.85. The molecule has 1 aliphatic carbocycles. The van der Waals surface area contributed by atoms with Gasteiger partial charge in [-0.25, -0.2) is 9.59 Å². The van der Waals surface area contributed by atoms with Crippen LogP contribution in [0.25, 0.3) is 11.1 Å². The molecule has 1 fully saturated rings. The van der Waals surface area contributed by atoms with Gasteiger partial charge in [-0.3, -0.25) is 4.90 Å². The summed E-state index contributed by atoms with van der Waals surface area (Å²) < 4.78 is 5.52. The highest BCUT2D eigenvalue weighted by atomic mass is 16.6. The van der Waals surface area contributed by atoms with Crippen molar-refractivity contribution in [3.63, 3.8) is 0 Å².